The molecular weight excluding hydrogens is 416 g/mol. The number of carbonyl (C=O) groups excluding carboxylic acids is 2. The Hall–Kier alpha value is -1.67. The van der Waals surface area contributed by atoms with E-state index in [1.807, 2.05) is 0 Å². The molecule has 7 nitrogen and oxygen atoms in total. The van der Waals surface area contributed by atoms with Crippen LogP contribution in [0.2, 0.25) is 0 Å². The van der Waals surface area contributed by atoms with Gasteiger partial charge in [0.2, 0.25) is 0 Å². The molecule has 1 N–H and O–H groups in total. The summed E-state index contributed by atoms with van der Waals surface area (Å²) in [4.78, 5) is 26.1. The third-order valence-electron chi connectivity index (χ3n) is 5.32. The van der Waals surface area contributed by atoms with Crippen LogP contribution in [-0.2, 0) is 44.9 Å². The fourth-order valence-corrected chi connectivity index (χ4v) is 4.18. The van der Waals surface area contributed by atoms with Gasteiger partial charge in [0.15, 0.2) is 0 Å². The molecule has 0 spiro atoms. The average Bonchev–Trinajstić information content (AvgIpc) is 3.22. The van der Waals surface area contributed by atoms with Crippen LogP contribution in [0, 0.1) is 0 Å². The van der Waals surface area contributed by atoms with Crippen LogP contribution >= 0.6 is 0 Å². The summed E-state index contributed by atoms with van der Waals surface area (Å²) in [6.07, 6.45) is 2.72. The molecule has 1 aliphatic rings. The Balaban J connectivity index is 2.62. The van der Waals surface area contributed by atoms with Crippen molar-refractivity contribution in [3.05, 3.63) is 33.4 Å². The van der Waals surface area contributed by atoms with E-state index >= 15 is 0 Å². The second kappa shape index (κ2) is 11.3. The topological polar surface area (TPSA) is 107 Å². The summed E-state index contributed by atoms with van der Waals surface area (Å²) in [7, 11) is 19.2. The van der Waals surface area contributed by atoms with E-state index in [0.29, 0.717) is 29.5 Å². The van der Waals surface area contributed by atoms with Crippen LogP contribution in [0.25, 0.3) is 0 Å². The van der Waals surface area contributed by atoms with Crippen LogP contribution in [-0.4, -0.2) is 74.8 Å². The first-order chi connectivity index (χ1) is 14.7. The molecule has 0 heterocycles. The SMILES string of the molecule is [B]Cc1c(C[B])c(C[B])c(C(=O)OC2CCCC2)c(C(=O)OCCS(=O)(=O)O)c1C[B]. The van der Waals surface area contributed by atoms with Gasteiger partial charge in [0.05, 0.1) is 42.5 Å². The van der Waals surface area contributed by atoms with E-state index < -0.39 is 34.4 Å². The third-order valence-corrected chi connectivity index (χ3v) is 6.00. The fourth-order valence-electron chi connectivity index (χ4n) is 3.89. The Morgan fingerprint density at radius 2 is 1.29 bits per heavy atom. The Morgan fingerprint density at radius 3 is 1.71 bits per heavy atom. The highest BCUT2D eigenvalue weighted by atomic mass is 32.2. The minimum Gasteiger partial charge on any atom is -0.461 e. The summed E-state index contributed by atoms with van der Waals surface area (Å²) in [6.45, 7) is -0.618. The van der Waals surface area contributed by atoms with Crippen molar-refractivity contribution in [3.63, 3.8) is 0 Å². The van der Waals surface area contributed by atoms with Crippen molar-refractivity contribution in [2.75, 3.05) is 12.4 Å². The largest absolute Gasteiger partial charge is 0.461 e. The maximum atomic E-state index is 13.1. The molecule has 1 aromatic carbocycles. The Bertz CT molecular complexity index is 928. The summed E-state index contributed by atoms with van der Waals surface area (Å²) < 4.78 is 41.4. The Kier molecular flexibility index (Phi) is 9.30. The third kappa shape index (κ3) is 6.19. The predicted octanol–water partition coefficient (Wildman–Crippen LogP) is 0.505. The van der Waals surface area contributed by atoms with Crippen LogP contribution in [0.5, 0.6) is 0 Å². The zero-order valence-electron chi connectivity index (χ0n) is 17.3. The van der Waals surface area contributed by atoms with E-state index in [9.17, 15) is 18.0 Å². The molecule has 0 aromatic heterocycles. The molecule has 0 amide bonds. The molecule has 1 saturated carbocycles. The summed E-state index contributed by atoms with van der Waals surface area (Å²) in [5.41, 5.74) is 1.30. The number of rotatable bonds is 10. The molecule has 31 heavy (non-hydrogen) atoms. The van der Waals surface area contributed by atoms with Crippen molar-refractivity contribution in [1.29, 1.82) is 0 Å². The highest BCUT2D eigenvalue weighted by Gasteiger charge is 2.31. The minimum atomic E-state index is -4.35. The lowest BCUT2D eigenvalue weighted by atomic mass is 9.72. The van der Waals surface area contributed by atoms with Crippen molar-refractivity contribution in [3.8, 4) is 0 Å². The average molecular weight is 438 g/mol. The van der Waals surface area contributed by atoms with Gasteiger partial charge in [-0.15, -0.1) is 0 Å². The second-order valence-electron chi connectivity index (χ2n) is 7.21. The Labute approximate surface area is 188 Å². The van der Waals surface area contributed by atoms with Crippen molar-refractivity contribution in [2.24, 2.45) is 0 Å². The van der Waals surface area contributed by atoms with Gasteiger partial charge in [-0.1, -0.05) is 36.4 Å². The maximum Gasteiger partial charge on any atom is 0.339 e. The van der Waals surface area contributed by atoms with E-state index in [1.165, 1.54) is 0 Å². The van der Waals surface area contributed by atoms with Gasteiger partial charge in [0.25, 0.3) is 10.1 Å². The number of ether oxygens (including phenoxy) is 2. The smallest absolute Gasteiger partial charge is 0.339 e. The summed E-state index contributed by atoms with van der Waals surface area (Å²) in [5.74, 6) is -2.54. The normalized spacial score (nSPS) is 14.5. The molecule has 0 bridgehead atoms. The Morgan fingerprint density at radius 1 is 0.839 bits per heavy atom. The van der Waals surface area contributed by atoms with E-state index in [-0.39, 0.29) is 48.1 Å². The molecule has 1 fully saturated rings. The summed E-state index contributed by atoms with van der Waals surface area (Å²) in [6, 6.07) is 0. The summed E-state index contributed by atoms with van der Waals surface area (Å²) >= 11 is 0. The van der Waals surface area contributed by atoms with Crippen LogP contribution in [0.15, 0.2) is 0 Å². The molecule has 158 valence electrons. The predicted molar refractivity (Wildman–Crippen MR) is 119 cm³/mol. The van der Waals surface area contributed by atoms with Gasteiger partial charge in [-0.2, -0.15) is 8.42 Å². The number of carbonyl (C=O) groups is 2. The zero-order valence-corrected chi connectivity index (χ0v) is 18.1. The lowest BCUT2D eigenvalue weighted by Crippen LogP contribution is -2.26. The fraction of sp³-hybridized carbons (Fsp3) is 0.579. The summed E-state index contributed by atoms with van der Waals surface area (Å²) in [5, 5.41) is 0. The molecule has 1 aliphatic carbocycles. The van der Waals surface area contributed by atoms with Gasteiger partial charge in [-0.3, -0.25) is 4.55 Å². The van der Waals surface area contributed by atoms with Crippen molar-refractivity contribution in [1.82, 2.24) is 0 Å². The highest BCUT2D eigenvalue weighted by molar-refractivity contribution is 7.85. The number of benzene rings is 1. The molecule has 0 unspecified atom stereocenters. The van der Waals surface area contributed by atoms with Gasteiger partial charge in [-0.05, 0) is 36.8 Å². The lowest BCUT2D eigenvalue weighted by molar-refractivity contribution is 0.0305. The molecule has 0 atom stereocenters. The van der Waals surface area contributed by atoms with E-state index in [1.54, 1.807) is 0 Å². The van der Waals surface area contributed by atoms with Gasteiger partial charge in [-0.25, -0.2) is 9.59 Å². The van der Waals surface area contributed by atoms with Gasteiger partial charge < -0.3 is 9.47 Å². The quantitative estimate of drug-likeness (QED) is 0.323. The number of esters is 2. The standard InChI is InChI=1S/C19H22B4O7S/c20-7-12-13(8-21)15(10-23)17(19(25)30-11-3-1-2-4-11)16(14(12)9-22)18(24)29-5-6-31(26,27)28/h11H,1-10H2,(H,26,27,28). The monoisotopic (exact) mass is 438 g/mol. The first-order valence-corrected chi connectivity index (χ1v) is 11.6. The first kappa shape index (κ1) is 25.6. The first-order valence-electron chi connectivity index (χ1n) is 10.0. The van der Waals surface area contributed by atoms with Crippen LogP contribution in [0.1, 0.15) is 68.7 Å². The van der Waals surface area contributed by atoms with Gasteiger partial charge in [0.1, 0.15) is 18.5 Å². The van der Waals surface area contributed by atoms with Crippen molar-refractivity contribution >= 4 is 53.4 Å². The van der Waals surface area contributed by atoms with Crippen molar-refractivity contribution < 1.29 is 32.0 Å². The lowest BCUT2D eigenvalue weighted by Gasteiger charge is -2.25. The number of hydrogen-bond donors (Lipinski definition) is 1. The number of hydrogen-bond acceptors (Lipinski definition) is 6. The van der Waals surface area contributed by atoms with Crippen LogP contribution in [0.4, 0.5) is 0 Å². The molecule has 0 saturated heterocycles. The molecule has 2 rings (SSSR count). The van der Waals surface area contributed by atoms with Crippen molar-refractivity contribution in [2.45, 2.75) is 57.1 Å². The van der Waals surface area contributed by atoms with Gasteiger partial charge >= 0.3 is 11.9 Å². The molecular formula is C19H22B4O7S. The maximum absolute atomic E-state index is 13.1. The highest BCUT2D eigenvalue weighted by Crippen LogP contribution is 2.32. The molecule has 12 heteroatoms. The molecule has 8 radical (unpaired) electrons. The van der Waals surface area contributed by atoms with Crippen LogP contribution < -0.4 is 0 Å². The van der Waals surface area contributed by atoms with E-state index in [4.69, 9.17) is 45.4 Å². The minimum absolute atomic E-state index is 0.00780. The van der Waals surface area contributed by atoms with E-state index in [2.05, 4.69) is 0 Å². The molecule has 1 aromatic rings. The van der Waals surface area contributed by atoms with E-state index in [0.717, 1.165) is 12.8 Å². The van der Waals surface area contributed by atoms with Crippen LogP contribution in [0.3, 0.4) is 0 Å². The molecule has 0 aliphatic heterocycles. The zero-order chi connectivity index (χ0) is 23.2. The second-order valence-corrected chi connectivity index (χ2v) is 8.79. The van der Waals surface area contributed by atoms with Gasteiger partial charge in [0, 0.05) is 0 Å².